The van der Waals surface area contributed by atoms with Crippen LogP contribution in [0.2, 0.25) is 5.02 Å². The van der Waals surface area contributed by atoms with Gasteiger partial charge in [-0.2, -0.15) is 0 Å². The fraction of sp³-hybridized carbons (Fsp3) is 0.182. The molecule has 1 N–H and O–H groups in total. The minimum atomic E-state index is -0.716. The average Bonchev–Trinajstić information content (AvgIpc) is 2.20. The lowest BCUT2D eigenvalue weighted by atomic mass is 10.1. The maximum atomic E-state index is 11.8. The molecule has 1 aromatic carbocycles. The summed E-state index contributed by atoms with van der Waals surface area (Å²) >= 11 is 5.80. The predicted molar refractivity (Wildman–Crippen MR) is 57.3 cm³/mol. The zero-order chi connectivity index (χ0) is 11.4. The van der Waals surface area contributed by atoms with Gasteiger partial charge < -0.3 is 5.11 Å². The van der Waals surface area contributed by atoms with Crippen molar-refractivity contribution >= 4 is 17.4 Å². The largest absolute Gasteiger partial charge is 0.507 e. The molecular weight excluding hydrogens is 219 g/mol. The summed E-state index contributed by atoms with van der Waals surface area (Å²) in [6.07, 6.45) is 2.15. The third kappa shape index (κ3) is 2.80. The molecular formula is C11H10ClFO2. The lowest BCUT2D eigenvalue weighted by molar-refractivity contribution is 0.104. The van der Waals surface area contributed by atoms with Crippen molar-refractivity contribution in [2.45, 2.75) is 6.92 Å². The number of carbonyl (C=O) groups excluding carboxylic acids is 1. The molecule has 0 aliphatic heterocycles. The minimum Gasteiger partial charge on any atom is -0.507 e. The van der Waals surface area contributed by atoms with E-state index >= 15 is 0 Å². The molecule has 80 valence electrons. The number of aryl methyl sites for hydroxylation is 1. The van der Waals surface area contributed by atoms with Gasteiger partial charge in [-0.3, -0.25) is 4.79 Å². The van der Waals surface area contributed by atoms with E-state index < -0.39 is 12.5 Å². The van der Waals surface area contributed by atoms with Gasteiger partial charge >= 0.3 is 0 Å². The third-order valence-electron chi connectivity index (χ3n) is 1.90. The number of hydrogen-bond donors (Lipinski definition) is 1. The quantitative estimate of drug-likeness (QED) is 0.638. The van der Waals surface area contributed by atoms with Crippen LogP contribution in [0.25, 0.3) is 0 Å². The molecule has 0 amide bonds. The van der Waals surface area contributed by atoms with Crippen LogP contribution in [-0.2, 0) is 0 Å². The molecule has 0 radical (unpaired) electrons. The second kappa shape index (κ2) is 4.94. The Morgan fingerprint density at radius 3 is 2.87 bits per heavy atom. The number of ketones is 1. The van der Waals surface area contributed by atoms with E-state index in [-0.39, 0.29) is 11.3 Å². The number of hydrogen-bond acceptors (Lipinski definition) is 2. The SMILES string of the molecule is Cc1cc(O)c(C(=O)/C=C/CF)cc1Cl. The molecule has 1 rings (SSSR count). The predicted octanol–water partition coefficient (Wildman–Crippen LogP) is 3.06. The highest BCUT2D eigenvalue weighted by molar-refractivity contribution is 6.32. The monoisotopic (exact) mass is 228 g/mol. The molecule has 15 heavy (non-hydrogen) atoms. The van der Waals surface area contributed by atoms with Gasteiger partial charge in [-0.05, 0) is 36.8 Å². The number of rotatable bonds is 3. The Balaban J connectivity index is 3.09. The molecule has 0 fully saturated rings. The second-order valence-corrected chi connectivity index (χ2v) is 3.45. The van der Waals surface area contributed by atoms with E-state index in [9.17, 15) is 14.3 Å². The molecule has 0 atom stereocenters. The zero-order valence-corrected chi connectivity index (χ0v) is 8.88. The highest BCUT2D eigenvalue weighted by Gasteiger charge is 2.10. The normalized spacial score (nSPS) is 10.9. The van der Waals surface area contributed by atoms with Gasteiger partial charge in [0.1, 0.15) is 12.4 Å². The van der Waals surface area contributed by atoms with Crippen LogP contribution in [0.15, 0.2) is 24.3 Å². The van der Waals surface area contributed by atoms with Gasteiger partial charge in [-0.25, -0.2) is 4.39 Å². The number of allylic oxidation sites excluding steroid dienone is 2. The van der Waals surface area contributed by atoms with Crippen molar-refractivity contribution in [1.29, 1.82) is 0 Å². The summed E-state index contributed by atoms with van der Waals surface area (Å²) in [5.74, 6) is -0.613. The molecule has 4 heteroatoms. The van der Waals surface area contributed by atoms with Crippen LogP contribution in [0.1, 0.15) is 15.9 Å². The molecule has 0 saturated heterocycles. The van der Waals surface area contributed by atoms with Gasteiger partial charge in [0.05, 0.1) is 5.56 Å². The number of phenolic OH excluding ortho intramolecular Hbond substituents is 1. The smallest absolute Gasteiger partial charge is 0.189 e. The van der Waals surface area contributed by atoms with Crippen molar-refractivity contribution in [3.8, 4) is 5.75 Å². The Kier molecular flexibility index (Phi) is 3.86. The van der Waals surface area contributed by atoms with E-state index in [0.717, 1.165) is 12.2 Å². The van der Waals surface area contributed by atoms with E-state index in [4.69, 9.17) is 11.6 Å². The standard InChI is InChI=1S/C11H10ClFO2/c1-7-5-11(15)8(6-9(7)12)10(14)3-2-4-13/h2-3,5-6,15H,4H2,1H3/b3-2+. The minimum absolute atomic E-state index is 0.0790. The number of alkyl halides is 1. The average molecular weight is 229 g/mol. The second-order valence-electron chi connectivity index (χ2n) is 3.04. The maximum absolute atomic E-state index is 11.8. The number of phenols is 1. The van der Waals surface area contributed by atoms with Gasteiger partial charge in [0.15, 0.2) is 5.78 Å². The van der Waals surface area contributed by atoms with Crippen molar-refractivity contribution in [1.82, 2.24) is 0 Å². The number of benzene rings is 1. The third-order valence-corrected chi connectivity index (χ3v) is 2.31. The molecule has 0 aromatic heterocycles. The highest BCUT2D eigenvalue weighted by Crippen LogP contribution is 2.26. The van der Waals surface area contributed by atoms with Crippen LogP contribution in [0, 0.1) is 6.92 Å². The summed E-state index contributed by atoms with van der Waals surface area (Å²) in [5.41, 5.74) is 0.760. The van der Waals surface area contributed by atoms with Gasteiger partial charge in [-0.15, -0.1) is 0 Å². The Morgan fingerprint density at radius 1 is 1.60 bits per heavy atom. The lowest BCUT2D eigenvalue weighted by Crippen LogP contribution is -1.96. The molecule has 0 aliphatic carbocycles. The van der Waals surface area contributed by atoms with Crippen LogP contribution >= 0.6 is 11.6 Å². The first-order chi connectivity index (χ1) is 7.06. The molecule has 2 nitrogen and oxygen atoms in total. The highest BCUT2D eigenvalue weighted by atomic mass is 35.5. The summed E-state index contributed by atoms with van der Waals surface area (Å²) in [7, 11) is 0. The molecule has 0 saturated carbocycles. The van der Waals surface area contributed by atoms with Crippen LogP contribution < -0.4 is 0 Å². The molecule has 0 heterocycles. The zero-order valence-electron chi connectivity index (χ0n) is 8.13. The molecule has 0 spiro atoms. The molecule has 0 aliphatic rings. The number of halogens is 2. The van der Waals surface area contributed by atoms with Gasteiger partial charge in [-0.1, -0.05) is 11.6 Å². The van der Waals surface area contributed by atoms with Crippen molar-refractivity contribution < 1.29 is 14.3 Å². The Bertz CT molecular complexity index is 413. The van der Waals surface area contributed by atoms with E-state index in [1.54, 1.807) is 6.92 Å². The fourth-order valence-corrected chi connectivity index (χ4v) is 1.27. The fourth-order valence-electron chi connectivity index (χ4n) is 1.10. The van der Waals surface area contributed by atoms with E-state index in [0.29, 0.717) is 10.6 Å². The summed E-state index contributed by atoms with van der Waals surface area (Å²) in [6.45, 7) is 1.000. The maximum Gasteiger partial charge on any atom is 0.189 e. The molecule has 0 bridgehead atoms. The Labute approximate surface area is 92.0 Å². The topological polar surface area (TPSA) is 37.3 Å². The summed E-state index contributed by atoms with van der Waals surface area (Å²) < 4.78 is 11.8. The van der Waals surface area contributed by atoms with Crippen molar-refractivity contribution in [3.05, 3.63) is 40.4 Å². The van der Waals surface area contributed by atoms with Crippen LogP contribution in [0.5, 0.6) is 5.75 Å². The van der Waals surface area contributed by atoms with Gasteiger partial charge in [0.25, 0.3) is 0 Å². The number of aromatic hydroxyl groups is 1. The van der Waals surface area contributed by atoms with Gasteiger partial charge in [0.2, 0.25) is 0 Å². The van der Waals surface area contributed by atoms with Crippen LogP contribution in [0.4, 0.5) is 4.39 Å². The first-order valence-electron chi connectivity index (χ1n) is 4.32. The number of carbonyl (C=O) groups is 1. The van der Waals surface area contributed by atoms with Gasteiger partial charge in [0, 0.05) is 5.02 Å². The van der Waals surface area contributed by atoms with E-state index in [2.05, 4.69) is 0 Å². The molecule has 0 unspecified atom stereocenters. The summed E-state index contributed by atoms with van der Waals surface area (Å²) in [4.78, 5) is 11.4. The first-order valence-corrected chi connectivity index (χ1v) is 4.70. The first kappa shape index (κ1) is 11.7. The van der Waals surface area contributed by atoms with Crippen molar-refractivity contribution in [2.75, 3.05) is 6.67 Å². The van der Waals surface area contributed by atoms with E-state index in [1.807, 2.05) is 0 Å². The van der Waals surface area contributed by atoms with E-state index in [1.165, 1.54) is 12.1 Å². The Morgan fingerprint density at radius 2 is 2.27 bits per heavy atom. The Hall–Kier alpha value is -1.35. The van der Waals surface area contributed by atoms with Crippen LogP contribution in [-0.4, -0.2) is 17.6 Å². The van der Waals surface area contributed by atoms with Crippen molar-refractivity contribution in [3.63, 3.8) is 0 Å². The molecule has 1 aromatic rings. The van der Waals surface area contributed by atoms with Crippen LogP contribution in [0.3, 0.4) is 0 Å². The summed E-state index contributed by atoms with van der Waals surface area (Å²) in [6, 6.07) is 2.77. The van der Waals surface area contributed by atoms with Crippen molar-refractivity contribution in [2.24, 2.45) is 0 Å². The lowest BCUT2D eigenvalue weighted by Gasteiger charge is -2.04. The summed E-state index contributed by atoms with van der Waals surface area (Å²) in [5, 5.41) is 9.87.